The van der Waals surface area contributed by atoms with Crippen LogP contribution in [0.3, 0.4) is 0 Å². The lowest BCUT2D eigenvalue weighted by Gasteiger charge is -2.24. The molecule has 0 unspecified atom stereocenters. The lowest BCUT2D eigenvalue weighted by molar-refractivity contribution is -0.114. The highest BCUT2D eigenvalue weighted by Crippen LogP contribution is 2.36. The van der Waals surface area contributed by atoms with Gasteiger partial charge in [-0.1, -0.05) is 23.9 Å². The first-order valence-electron chi connectivity index (χ1n) is 10.3. The molecule has 4 rings (SSSR count). The Hall–Kier alpha value is -2.92. The predicted octanol–water partition coefficient (Wildman–Crippen LogP) is 2.72. The number of fused-ring (bicyclic) bond motifs is 1. The number of sulfone groups is 1. The minimum atomic E-state index is -3.13. The van der Waals surface area contributed by atoms with E-state index >= 15 is 0 Å². The van der Waals surface area contributed by atoms with E-state index in [2.05, 4.69) is 10.3 Å². The molecular formula is C22H22FN3O5S2. The van der Waals surface area contributed by atoms with Gasteiger partial charge in [0.15, 0.2) is 15.0 Å². The van der Waals surface area contributed by atoms with Crippen LogP contribution in [0.1, 0.15) is 17.3 Å². The smallest absolute Gasteiger partial charge is 0.340 e. The number of rotatable bonds is 6. The van der Waals surface area contributed by atoms with Crippen molar-refractivity contribution in [2.75, 3.05) is 34.9 Å². The summed E-state index contributed by atoms with van der Waals surface area (Å²) < 4.78 is 42.3. The molecular weight excluding hydrogens is 469 g/mol. The third-order valence-corrected chi connectivity index (χ3v) is 8.42. The summed E-state index contributed by atoms with van der Waals surface area (Å²) in [6, 6.07) is 11.8. The molecule has 1 fully saturated rings. The van der Waals surface area contributed by atoms with Crippen LogP contribution in [0.15, 0.2) is 53.5 Å². The molecule has 8 nitrogen and oxygen atoms in total. The van der Waals surface area contributed by atoms with Crippen molar-refractivity contribution >= 4 is 50.0 Å². The molecule has 2 aromatic carbocycles. The van der Waals surface area contributed by atoms with E-state index in [4.69, 9.17) is 4.74 Å². The normalized spacial score (nSPS) is 20.6. The average molecular weight is 492 g/mol. The molecule has 1 N–H and O–H groups in total. The van der Waals surface area contributed by atoms with Gasteiger partial charge in [-0.2, -0.15) is 0 Å². The minimum Gasteiger partial charge on any atom is -0.462 e. The molecule has 0 spiro atoms. The van der Waals surface area contributed by atoms with Crippen molar-refractivity contribution < 1.29 is 27.1 Å². The van der Waals surface area contributed by atoms with E-state index in [0.717, 1.165) is 0 Å². The van der Waals surface area contributed by atoms with Gasteiger partial charge in [-0.15, -0.1) is 0 Å². The van der Waals surface area contributed by atoms with Crippen LogP contribution in [0.5, 0.6) is 0 Å². The van der Waals surface area contributed by atoms with Gasteiger partial charge in [0.1, 0.15) is 12.4 Å². The number of nitrogens with one attached hydrogen (secondary N) is 1. The van der Waals surface area contributed by atoms with E-state index in [-0.39, 0.29) is 41.5 Å². The predicted molar refractivity (Wildman–Crippen MR) is 126 cm³/mol. The summed E-state index contributed by atoms with van der Waals surface area (Å²) >= 11 is 1.30. The second kappa shape index (κ2) is 9.52. The van der Waals surface area contributed by atoms with Crippen LogP contribution in [-0.4, -0.2) is 61.4 Å². The number of halogens is 1. The fourth-order valence-corrected chi connectivity index (χ4v) is 7.45. The average Bonchev–Trinajstić information content (AvgIpc) is 3.26. The highest BCUT2D eigenvalue weighted by Gasteiger charge is 2.44. The number of hydrogen-bond acceptors (Lipinski definition) is 8. The number of nitrogens with zero attached hydrogens (tertiary/aromatic N) is 2. The van der Waals surface area contributed by atoms with Gasteiger partial charge >= 0.3 is 5.97 Å². The highest BCUT2D eigenvalue weighted by molar-refractivity contribution is 8.15. The van der Waals surface area contributed by atoms with E-state index < -0.39 is 27.5 Å². The van der Waals surface area contributed by atoms with Crippen molar-refractivity contribution in [3.05, 3.63) is 59.9 Å². The van der Waals surface area contributed by atoms with Gasteiger partial charge in [-0.05, 0) is 43.3 Å². The molecule has 2 heterocycles. The van der Waals surface area contributed by atoms with Crippen molar-refractivity contribution in [2.45, 2.75) is 18.2 Å². The van der Waals surface area contributed by atoms with Crippen LogP contribution in [0.25, 0.3) is 0 Å². The number of carbonyl (C=O) groups excluding carboxylic acids is 2. The third-order valence-electron chi connectivity index (χ3n) is 5.17. The largest absolute Gasteiger partial charge is 0.462 e. The Labute approximate surface area is 195 Å². The molecule has 2 aliphatic heterocycles. The zero-order chi connectivity index (χ0) is 23.6. The summed E-state index contributed by atoms with van der Waals surface area (Å²) in [7, 11) is -3.13. The van der Waals surface area contributed by atoms with E-state index in [0.29, 0.717) is 16.5 Å². The molecule has 2 aromatic rings. The van der Waals surface area contributed by atoms with Gasteiger partial charge < -0.3 is 15.0 Å². The Bertz CT molecular complexity index is 1200. The van der Waals surface area contributed by atoms with Gasteiger partial charge in [0.25, 0.3) is 0 Å². The van der Waals surface area contributed by atoms with Gasteiger partial charge in [-0.25, -0.2) is 17.6 Å². The SMILES string of the molecule is CCOC(=O)c1ccccc1NC(=O)CN(C1=N[C@H]2CS(=O)(=O)C[C@H]2S1)c1ccc(F)cc1. The van der Waals surface area contributed by atoms with E-state index in [1.165, 1.54) is 36.0 Å². The second-order valence-electron chi connectivity index (χ2n) is 7.59. The molecule has 0 radical (unpaired) electrons. The number of amidine groups is 1. The third kappa shape index (κ3) is 5.36. The number of anilines is 2. The molecule has 0 aromatic heterocycles. The van der Waals surface area contributed by atoms with E-state index in [9.17, 15) is 22.4 Å². The number of ether oxygens (including phenoxy) is 1. The van der Waals surface area contributed by atoms with Crippen LogP contribution in [0.2, 0.25) is 0 Å². The number of thioether (sulfide) groups is 1. The maximum atomic E-state index is 13.5. The monoisotopic (exact) mass is 491 g/mol. The molecule has 2 atom stereocenters. The first-order chi connectivity index (χ1) is 15.8. The molecule has 2 aliphatic rings. The molecule has 174 valence electrons. The minimum absolute atomic E-state index is 0.0233. The van der Waals surface area contributed by atoms with Crippen LogP contribution in [-0.2, 0) is 19.4 Å². The van der Waals surface area contributed by atoms with E-state index in [1.807, 2.05) is 0 Å². The molecule has 1 amide bonds. The Morgan fingerprint density at radius 2 is 1.91 bits per heavy atom. The highest BCUT2D eigenvalue weighted by atomic mass is 32.2. The topological polar surface area (TPSA) is 105 Å². The lowest BCUT2D eigenvalue weighted by atomic mass is 10.2. The number of esters is 1. The fraction of sp³-hybridized carbons (Fsp3) is 0.318. The maximum absolute atomic E-state index is 13.5. The molecule has 0 bridgehead atoms. The Kier molecular flexibility index (Phi) is 6.71. The first-order valence-corrected chi connectivity index (χ1v) is 13.0. The van der Waals surface area contributed by atoms with Gasteiger partial charge in [0, 0.05) is 10.9 Å². The summed E-state index contributed by atoms with van der Waals surface area (Å²) in [6.07, 6.45) is 0. The van der Waals surface area contributed by atoms with Crippen LogP contribution >= 0.6 is 11.8 Å². The van der Waals surface area contributed by atoms with Crippen LogP contribution in [0, 0.1) is 5.82 Å². The molecule has 0 aliphatic carbocycles. The summed E-state index contributed by atoms with van der Waals surface area (Å²) in [5.41, 5.74) is 1.08. The number of hydrogen-bond donors (Lipinski definition) is 1. The number of carbonyl (C=O) groups is 2. The zero-order valence-electron chi connectivity index (χ0n) is 17.7. The number of para-hydroxylation sites is 1. The Balaban J connectivity index is 1.56. The van der Waals surface area contributed by atoms with Crippen molar-refractivity contribution in [1.82, 2.24) is 0 Å². The summed E-state index contributed by atoms with van der Waals surface area (Å²) in [5.74, 6) is -1.39. The summed E-state index contributed by atoms with van der Waals surface area (Å²) in [6.45, 7) is 1.73. The molecule has 33 heavy (non-hydrogen) atoms. The van der Waals surface area contributed by atoms with Crippen LogP contribution < -0.4 is 10.2 Å². The Morgan fingerprint density at radius 1 is 1.18 bits per heavy atom. The van der Waals surface area contributed by atoms with Crippen molar-refractivity contribution in [2.24, 2.45) is 4.99 Å². The lowest BCUT2D eigenvalue weighted by Crippen LogP contribution is -2.37. The van der Waals surface area contributed by atoms with Crippen molar-refractivity contribution in [3.8, 4) is 0 Å². The standard InChI is InChI=1S/C22H22FN3O5S2/c1-2-31-21(28)16-5-3-4-6-17(16)24-20(27)11-26(15-9-7-14(23)8-10-15)22-25-18-12-33(29,30)13-19(18)32-22/h3-10,18-19H,2,11-13H2,1H3,(H,24,27)/t18-,19+/m0/s1. The first kappa shape index (κ1) is 23.2. The summed E-state index contributed by atoms with van der Waals surface area (Å²) in [5, 5.41) is 3.03. The van der Waals surface area contributed by atoms with Crippen molar-refractivity contribution in [3.63, 3.8) is 0 Å². The maximum Gasteiger partial charge on any atom is 0.340 e. The van der Waals surface area contributed by atoms with Gasteiger partial charge in [0.2, 0.25) is 5.91 Å². The van der Waals surface area contributed by atoms with Gasteiger partial charge in [0.05, 0.1) is 35.4 Å². The Morgan fingerprint density at radius 3 is 2.61 bits per heavy atom. The van der Waals surface area contributed by atoms with Crippen LogP contribution in [0.4, 0.5) is 15.8 Å². The second-order valence-corrected chi connectivity index (χ2v) is 10.9. The van der Waals surface area contributed by atoms with Crippen molar-refractivity contribution in [1.29, 1.82) is 0 Å². The number of benzene rings is 2. The molecule has 11 heteroatoms. The molecule has 1 saturated heterocycles. The number of aliphatic imine (C=N–C) groups is 1. The van der Waals surface area contributed by atoms with Gasteiger partial charge in [-0.3, -0.25) is 9.79 Å². The summed E-state index contributed by atoms with van der Waals surface area (Å²) in [4.78, 5) is 31.3. The quantitative estimate of drug-likeness (QED) is 0.620. The van der Waals surface area contributed by atoms with E-state index in [1.54, 1.807) is 36.1 Å². The number of amides is 1. The molecule has 0 saturated carbocycles. The fourth-order valence-electron chi connectivity index (χ4n) is 3.67. The zero-order valence-corrected chi connectivity index (χ0v) is 19.4.